The second kappa shape index (κ2) is 21.2. The van der Waals surface area contributed by atoms with Gasteiger partial charge in [0, 0.05) is 13.7 Å². The van der Waals surface area contributed by atoms with Gasteiger partial charge in [0.2, 0.25) is 0 Å². The highest BCUT2D eigenvalue weighted by Crippen LogP contribution is 2.36. The van der Waals surface area contributed by atoms with E-state index in [1.807, 2.05) is 0 Å². The molecule has 0 amide bonds. The van der Waals surface area contributed by atoms with Gasteiger partial charge in [0.1, 0.15) is 6.10 Å². The Bertz CT molecular complexity index is 450. The molecule has 7 heteroatoms. The molecule has 0 aromatic heterocycles. The van der Waals surface area contributed by atoms with Crippen LogP contribution in [-0.2, 0) is 25.8 Å². The third kappa shape index (κ3) is 24.1. The predicted octanol–water partition coefficient (Wildman–Crippen LogP) is 6.06. The summed E-state index contributed by atoms with van der Waals surface area (Å²) in [7, 11) is 1.57. The van der Waals surface area contributed by atoms with Crippen LogP contribution in [0.2, 0.25) is 0 Å². The summed E-state index contributed by atoms with van der Waals surface area (Å²) in [5.41, 5.74) is 0. The van der Waals surface area contributed by atoms with E-state index in [9.17, 15) is 0 Å². The molecule has 1 atom stereocenters. The maximum atomic E-state index is 9.11. The lowest BCUT2D eigenvalue weighted by atomic mass is 10.1. The number of hydrogen-bond acceptors (Lipinski definition) is 4. The lowest BCUT2D eigenvalue weighted by Crippen LogP contribution is -2.25. The highest BCUT2D eigenvalue weighted by Gasteiger charge is 2.15. The summed E-state index contributed by atoms with van der Waals surface area (Å²) in [6.07, 6.45) is 23.4. The molecule has 0 aromatic rings. The standard InChI is InChI=1S/C22H43O5PS/c1-3-4-5-6-7-8-9-10-11-12-13-14-15-16-17-18-19-26-22(20-25-2)21-27-28(23,24)29/h7-8,10-11,22H,3-6,9,12-21H2,1-2H3,(H2,23,24,29)/b8-7-,11-10-. The van der Waals surface area contributed by atoms with Crippen molar-refractivity contribution in [2.75, 3.05) is 26.9 Å². The zero-order chi connectivity index (χ0) is 21.6. The van der Waals surface area contributed by atoms with E-state index in [1.165, 1.54) is 57.8 Å². The fourth-order valence-corrected chi connectivity index (χ4v) is 3.39. The highest BCUT2D eigenvalue weighted by molar-refractivity contribution is 8.06. The van der Waals surface area contributed by atoms with E-state index in [0.29, 0.717) is 13.2 Å². The molecule has 0 heterocycles. The molecule has 1 unspecified atom stereocenters. The fraction of sp³-hybridized carbons (Fsp3) is 0.818. The average molecular weight is 451 g/mol. The monoisotopic (exact) mass is 450 g/mol. The maximum Gasteiger partial charge on any atom is 0.321 e. The van der Waals surface area contributed by atoms with Crippen LogP contribution in [0.1, 0.15) is 84.0 Å². The summed E-state index contributed by atoms with van der Waals surface area (Å²) in [6.45, 7) is -0.388. The van der Waals surface area contributed by atoms with Gasteiger partial charge in [-0.05, 0) is 50.3 Å². The molecule has 0 spiro atoms. The van der Waals surface area contributed by atoms with Crippen molar-refractivity contribution in [3.8, 4) is 0 Å². The van der Waals surface area contributed by atoms with Crippen LogP contribution in [0.15, 0.2) is 24.3 Å². The van der Waals surface area contributed by atoms with Crippen LogP contribution in [0.3, 0.4) is 0 Å². The maximum absolute atomic E-state index is 9.11. The Kier molecular flexibility index (Phi) is 21.1. The van der Waals surface area contributed by atoms with Crippen molar-refractivity contribution in [1.29, 1.82) is 0 Å². The second-order valence-electron chi connectivity index (χ2n) is 7.32. The van der Waals surface area contributed by atoms with E-state index in [1.54, 1.807) is 7.11 Å². The molecular formula is C22H43O5PS. The molecule has 5 nitrogen and oxygen atoms in total. The van der Waals surface area contributed by atoms with E-state index in [2.05, 4.69) is 43.0 Å². The Balaban J connectivity index is 3.47. The molecule has 29 heavy (non-hydrogen) atoms. The zero-order valence-electron chi connectivity index (χ0n) is 18.5. The van der Waals surface area contributed by atoms with Crippen molar-refractivity contribution in [1.82, 2.24) is 0 Å². The third-order valence-electron chi connectivity index (χ3n) is 4.48. The SMILES string of the molecule is CCCCC/C=C\C/C=C\CCCCCCCCOC(COC)COP(O)(O)=S. The molecule has 172 valence electrons. The minimum absolute atomic E-state index is 0.0419. The van der Waals surface area contributed by atoms with E-state index < -0.39 is 6.72 Å². The van der Waals surface area contributed by atoms with Crippen LogP contribution in [0.5, 0.6) is 0 Å². The molecule has 0 rings (SSSR count). The number of allylic oxidation sites excluding steroid dienone is 4. The number of methoxy groups -OCH3 is 1. The molecule has 0 bridgehead atoms. The molecule has 0 radical (unpaired) electrons. The first kappa shape index (κ1) is 28.9. The van der Waals surface area contributed by atoms with Gasteiger partial charge in [-0.2, -0.15) is 0 Å². The largest absolute Gasteiger partial charge is 0.382 e. The van der Waals surface area contributed by atoms with Gasteiger partial charge >= 0.3 is 6.72 Å². The second-order valence-corrected chi connectivity index (χ2v) is 9.99. The fourth-order valence-electron chi connectivity index (χ4n) is 2.85. The average Bonchev–Trinajstić information content (AvgIpc) is 2.67. The van der Waals surface area contributed by atoms with Gasteiger partial charge in [-0.1, -0.05) is 69.8 Å². The van der Waals surface area contributed by atoms with Crippen LogP contribution >= 0.6 is 6.72 Å². The lowest BCUT2D eigenvalue weighted by Gasteiger charge is -2.18. The molecular weight excluding hydrogens is 407 g/mol. The summed E-state index contributed by atoms with van der Waals surface area (Å²) >= 11 is 4.44. The Morgan fingerprint density at radius 2 is 1.41 bits per heavy atom. The van der Waals surface area contributed by atoms with Crippen LogP contribution < -0.4 is 0 Å². The van der Waals surface area contributed by atoms with Gasteiger partial charge < -0.3 is 23.8 Å². The lowest BCUT2D eigenvalue weighted by molar-refractivity contribution is -0.0287. The summed E-state index contributed by atoms with van der Waals surface area (Å²) in [5.74, 6) is 0. The molecule has 0 saturated heterocycles. The third-order valence-corrected chi connectivity index (χ3v) is 5.28. The van der Waals surface area contributed by atoms with E-state index in [4.69, 9.17) is 23.8 Å². The smallest absolute Gasteiger partial charge is 0.321 e. The zero-order valence-corrected chi connectivity index (χ0v) is 20.2. The molecule has 0 aromatic carbocycles. The molecule has 0 fully saturated rings. The van der Waals surface area contributed by atoms with E-state index in [0.717, 1.165) is 19.3 Å². The molecule has 0 aliphatic heterocycles. The first-order valence-electron chi connectivity index (χ1n) is 11.1. The van der Waals surface area contributed by atoms with E-state index in [-0.39, 0.29) is 12.7 Å². The summed E-state index contributed by atoms with van der Waals surface area (Å²) in [6, 6.07) is 0. The normalized spacial score (nSPS) is 13.7. The van der Waals surface area contributed by atoms with Gasteiger partial charge in [0.15, 0.2) is 0 Å². The topological polar surface area (TPSA) is 68.2 Å². The summed E-state index contributed by atoms with van der Waals surface area (Å²) < 4.78 is 15.6. The van der Waals surface area contributed by atoms with Crippen LogP contribution in [-0.4, -0.2) is 42.8 Å². The minimum Gasteiger partial charge on any atom is -0.382 e. The predicted molar refractivity (Wildman–Crippen MR) is 126 cm³/mol. The summed E-state index contributed by atoms with van der Waals surface area (Å²) in [4.78, 5) is 18.2. The van der Waals surface area contributed by atoms with Crippen LogP contribution in [0.25, 0.3) is 0 Å². The van der Waals surface area contributed by atoms with Gasteiger partial charge in [0.25, 0.3) is 0 Å². The number of hydrogen-bond donors (Lipinski definition) is 2. The first-order chi connectivity index (χ1) is 14.0. The Hall–Kier alpha value is -0.0700. The van der Waals surface area contributed by atoms with Crippen molar-refractivity contribution in [3.63, 3.8) is 0 Å². The molecule has 0 aliphatic carbocycles. The van der Waals surface area contributed by atoms with Gasteiger partial charge in [-0.25, -0.2) is 0 Å². The van der Waals surface area contributed by atoms with Gasteiger partial charge in [0.05, 0.1) is 13.2 Å². The molecule has 0 aliphatic rings. The van der Waals surface area contributed by atoms with E-state index >= 15 is 0 Å². The molecule has 0 saturated carbocycles. The quantitative estimate of drug-likeness (QED) is 0.126. The first-order valence-corrected chi connectivity index (χ1v) is 13.7. The summed E-state index contributed by atoms with van der Waals surface area (Å²) in [5, 5.41) is 0. The van der Waals surface area contributed by atoms with Crippen molar-refractivity contribution >= 4 is 18.5 Å². The van der Waals surface area contributed by atoms with Crippen molar-refractivity contribution in [2.45, 2.75) is 90.1 Å². The number of rotatable bonds is 21. The Morgan fingerprint density at radius 3 is 2.00 bits per heavy atom. The number of ether oxygens (including phenoxy) is 2. The molecule has 2 N–H and O–H groups in total. The van der Waals surface area contributed by atoms with Crippen molar-refractivity contribution in [2.24, 2.45) is 0 Å². The van der Waals surface area contributed by atoms with Crippen LogP contribution in [0.4, 0.5) is 0 Å². The minimum atomic E-state index is -3.63. The van der Waals surface area contributed by atoms with Crippen molar-refractivity contribution < 1.29 is 23.8 Å². The highest BCUT2D eigenvalue weighted by atomic mass is 32.5. The van der Waals surface area contributed by atoms with Crippen molar-refractivity contribution in [3.05, 3.63) is 24.3 Å². The van der Waals surface area contributed by atoms with Gasteiger partial charge in [-0.3, -0.25) is 0 Å². The van der Waals surface area contributed by atoms with Crippen LogP contribution in [0, 0.1) is 0 Å². The van der Waals surface area contributed by atoms with Gasteiger partial charge in [-0.15, -0.1) is 0 Å². The number of unbranched alkanes of at least 4 members (excludes halogenated alkanes) is 9. The Labute approximate surface area is 183 Å². The Morgan fingerprint density at radius 1 is 0.828 bits per heavy atom.